The number of nitrogens with zero attached hydrogens (tertiary/aromatic N) is 5. The number of rotatable bonds is 5. The first-order chi connectivity index (χ1) is 17.9. The zero-order chi connectivity index (χ0) is 25.9. The summed E-state index contributed by atoms with van der Waals surface area (Å²) in [5.74, 6) is -1.36. The zero-order valence-corrected chi connectivity index (χ0v) is 19.5. The van der Waals surface area contributed by atoms with Crippen LogP contribution in [0.5, 0.6) is 0 Å². The first kappa shape index (κ1) is 24.0. The largest absolute Gasteiger partial charge is 0.337 e. The summed E-state index contributed by atoms with van der Waals surface area (Å²) in [7, 11) is 0. The second-order valence-electron chi connectivity index (χ2n) is 8.53. The number of piperazine rings is 1. The highest BCUT2D eigenvalue weighted by molar-refractivity contribution is 5.95. The predicted molar refractivity (Wildman–Crippen MR) is 131 cm³/mol. The molecule has 1 aliphatic rings. The Labute approximate surface area is 209 Å². The molecule has 2 amide bonds. The number of amides is 2. The maximum atomic E-state index is 14.7. The molecule has 5 rings (SSSR count). The van der Waals surface area contributed by atoms with Crippen LogP contribution < -0.4 is 15.9 Å². The van der Waals surface area contributed by atoms with Crippen molar-refractivity contribution in [1.29, 1.82) is 0 Å². The van der Waals surface area contributed by atoms with Crippen molar-refractivity contribution in [2.75, 3.05) is 31.1 Å². The van der Waals surface area contributed by atoms with Gasteiger partial charge in [-0.25, -0.2) is 24.9 Å². The number of benzene rings is 2. The first-order valence-corrected chi connectivity index (χ1v) is 11.5. The number of aromatic nitrogens is 4. The molecule has 2 aromatic carbocycles. The van der Waals surface area contributed by atoms with Crippen LogP contribution in [-0.2, 0) is 6.42 Å². The van der Waals surface area contributed by atoms with Crippen molar-refractivity contribution >= 4 is 28.5 Å². The van der Waals surface area contributed by atoms with Crippen molar-refractivity contribution in [1.82, 2.24) is 30.5 Å². The standard InChI is InChI=1S/C25H22FN7O4/c26-20-6-5-15(12-21-17-3-1-2-4-18(17)23(35)30-29-21)11-19(20)24(36)32-7-9-33(10-8-32)25-27-13-16(14-28-25)22(34)31-37/h1-6,11,13-14,37H,7-10,12H2,(H,30,35)(H,31,34). The molecule has 11 nitrogen and oxygen atoms in total. The molecule has 0 spiro atoms. The van der Waals surface area contributed by atoms with E-state index in [1.165, 1.54) is 30.0 Å². The fourth-order valence-electron chi connectivity index (χ4n) is 4.29. The molecule has 0 aliphatic carbocycles. The molecule has 3 N–H and O–H groups in total. The van der Waals surface area contributed by atoms with Crippen LogP contribution in [0.3, 0.4) is 0 Å². The molecule has 0 bridgehead atoms. The monoisotopic (exact) mass is 503 g/mol. The maximum absolute atomic E-state index is 14.7. The van der Waals surface area contributed by atoms with E-state index in [1.807, 2.05) is 11.0 Å². The van der Waals surface area contributed by atoms with E-state index in [2.05, 4.69) is 20.2 Å². The van der Waals surface area contributed by atoms with Gasteiger partial charge in [-0.15, -0.1) is 0 Å². The highest BCUT2D eigenvalue weighted by Gasteiger charge is 2.26. The molecular weight excluding hydrogens is 481 g/mol. The minimum absolute atomic E-state index is 0.0321. The fraction of sp³-hybridized carbons (Fsp3) is 0.200. The van der Waals surface area contributed by atoms with Crippen molar-refractivity contribution < 1.29 is 19.2 Å². The summed E-state index contributed by atoms with van der Waals surface area (Å²) in [6.45, 7) is 1.51. The average molecular weight is 503 g/mol. The molecule has 0 atom stereocenters. The van der Waals surface area contributed by atoms with Crippen LogP contribution >= 0.6 is 0 Å². The van der Waals surface area contributed by atoms with Gasteiger partial charge in [-0.2, -0.15) is 5.10 Å². The average Bonchev–Trinajstić information content (AvgIpc) is 2.95. The van der Waals surface area contributed by atoms with Crippen molar-refractivity contribution in [3.63, 3.8) is 0 Å². The Morgan fingerprint density at radius 3 is 2.43 bits per heavy atom. The van der Waals surface area contributed by atoms with E-state index >= 15 is 0 Å². The van der Waals surface area contributed by atoms with Crippen molar-refractivity contribution in [3.05, 3.63) is 93.4 Å². The Kier molecular flexibility index (Phi) is 6.56. The van der Waals surface area contributed by atoms with Gasteiger partial charge in [0.15, 0.2) is 0 Å². The van der Waals surface area contributed by atoms with E-state index < -0.39 is 17.6 Å². The molecule has 37 heavy (non-hydrogen) atoms. The third-order valence-electron chi connectivity index (χ3n) is 6.26. The highest BCUT2D eigenvalue weighted by atomic mass is 19.1. The molecule has 1 saturated heterocycles. The van der Waals surface area contributed by atoms with Crippen LogP contribution in [0, 0.1) is 5.82 Å². The number of carbonyl (C=O) groups excluding carboxylic acids is 2. The van der Waals surface area contributed by atoms with Crippen molar-refractivity contribution in [2.24, 2.45) is 0 Å². The summed E-state index contributed by atoms with van der Waals surface area (Å²) in [5.41, 5.74) is 2.62. The van der Waals surface area contributed by atoms with Crippen LogP contribution in [0.4, 0.5) is 10.3 Å². The molecule has 2 aromatic heterocycles. The number of carbonyl (C=O) groups is 2. The molecule has 0 unspecified atom stereocenters. The molecule has 1 aliphatic heterocycles. The number of anilines is 1. The van der Waals surface area contributed by atoms with Gasteiger partial charge >= 0.3 is 0 Å². The fourth-order valence-corrected chi connectivity index (χ4v) is 4.29. The van der Waals surface area contributed by atoms with Gasteiger partial charge in [0.25, 0.3) is 17.4 Å². The lowest BCUT2D eigenvalue weighted by Gasteiger charge is -2.34. The Bertz CT molecular complexity index is 1530. The molecule has 0 radical (unpaired) electrons. The lowest BCUT2D eigenvalue weighted by molar-refractivity contribution is 0.0704. The lowest BCUT2D eigenvalue weighted by atomic mass is 10.0. The minimum atomic E-state index is -0.712. The smallest absolute Gasteiger partial charge is 0.277 e. The van der Waals surface area contributed by atoms with E-state index in [-0.39, 0.29) is 16.7 Å². The van der Waals surface area contributed by atoms with Gasteiger partial charge in [0, 0.05) is 50.4 Å². The molecule has 0 saturated carbocycles. The quantitative estimate of drug-likeness (QED) is 0.275. The van der Waals surface area contributed by atoms with E-state index in [1.54, 1.807) is 29.2 Å². The normalized spacial score (nSPS) is 13.6. The van der Waals surface area contributed by atoms with Crippen LogP contribution in [0.1, 0.15) is 32.0 Å². The van der Waals surface area contributed by atoms with Gasteiger partial charge in [-0.1, -0.05) is 24.3 Å². The molecule has 188 valence electrons. The Morgan fingerprint density at radius 2 is 1.73 bits per heavy atom. The van der Waals surface area contributed by atoms with Gasteiger partial charge in [0.1, 0.15) is 5.82 Å². The maximum Gasteiger partial charge on any atom is 0.277 e. The van der Waals surface area contributed by atoms with Gasteiger partial charge in [-0.05, 0) is 23.8 Å². The van der Waals surface area contributed by atoms with E-state index in [4.69, 9.17) is 5.21 Å². The summed E-state index contributed by atoms with van der Waals surface area (Å²) in [4.78, 5) is 48.4. The van der Waals surface area contributed by atoms with Crippen LogP contribution in [0.2, 0.25) is 0 Å². The number of fused-ring (bicyclic) bond motifs is 1. The second-order valence-corrected chi connectivity index (χ2v) is 8.53. The van der Waals surface area contributed by atoms with Crippen molar-refractivity contribution in [2.45, 2.75) is 6.42 Å². The molecule has 1 fully saturated rings. The number of aromatic amines is 1. The van der Waals surface area contributed by atoms with Crippen LogP contribution in [0.25, 0.3) is 10.8 Å². The number of hydrogen-bond donors (Lipinski definition) is 3. The molecule has 12 heteroatoms. The zero-order valence-electron chi connectivity index (χ0n) is 19.5. The van der Waals surface area contributed by atoms with E-state index in [9.17, 15) is 18.8 Å². The third kappa shape index (κ3) is 4.86. The number of H-pyrrole nitrogens is 1. The summed E-state index contributed by atoms with van der Waals surface area (Å²) >= 11 is 0. The Hall–Kier alpha value is -4.71. The SMILES string of the molecule is O=C(NO)c1cnc(N2CCN(C(=O)c3cc(Cc4n[nH]c(=O)c5ccccc45)ccc3F)CC2)nc1. The van der Waals surface area contributed by atoms with E-state index in [0.29, 0.717) is 60.6 Å². The highest BCUT2D eigenvalue weighted by Crippen LogP contribution is 2.20. The van der Waals surface area contributed by atoms with Crippen molar-refractivity contribution in [3.8, 4) is 0 Å². The summed E-state index contributed by atoms with van der Waals surface area (Å²) < 4.78 is 14.7. The summed E-state index contributed by atoms with van der Waals surface area (Å²) in [5, 5.41) is 16.6. The van der Waals surface area contributed by atoms with Gasteiger partial charge < -0.3 is 9.80 Å². The summed E-state index contributed by atoms with van der Waals surface area (Å²) in [6.07, 6.45) is 2.91. The topological polar surface area (TPSA) is 144 Å². The lowest BCUT2D eigenvalue weighted by Crippen LogP contribution is -2.49. The predicted octanol–water partition coefficient (Wildman–Crippen LogP) is 1.52. The van der Waals surface area contributed by atoms with Gasteiger partial charge in [-0.3, -0.25) is 19.6 Å². The Balaban J connectivity index is 1.29. The molecular formula is C25H22FN7O4. The number of hydroxylamine groups is 1. The summed E-state index contributed by atoms with van der Waals surface area (Å²) in [6, 6.07) is 11.5. The first-order valence-electron chi connectivity index (χ1n) is 11.5. The Morgan fingerprint density at radius 1 is 1.03 bits per heavy atom. The third-order valence-corrected chi connectivity index (χ3v) is 6.26. The van der Waals surface area contributed by atoms with Gasteiger partial charge in [0.05, 0.1) is 22.2 Å². The van der Waals surface area contributed by atoms with E-state index in [0.717, 1.165) is 0 Å². The van der Waals surface area contributed by atoms with Gasteiger partial charge in [0.2, 0.25) is 5.95 Å². The molecule has 3 heterocycles. The van der Waals surface area contributed by atoms with Crippen LogP contribution in [-0.4, -0.2) is 68.3 Å². The second kappa shape index (κ2) is 10.1. The number of halogens is 1. The van der Waals surface area contributed by atoms with Crippen LogP contribution in [0.15, 0.2) is 59.7 Å². The number of hydrogen-bond acceptors (Lipinski definition) is 8. The molecule has 4 aromatic rings. The minimum Gasteiger partial charge on any atom is -0.337 e. The number of nitrogens with one attached hydrogen (secondary N) is 2.